The van der Waals surface area contributed by atoms with Gasteiger partial charge in [-0.1, -0.05) is 12.1 Å². The Morgan fingerprint density at radius 2 is 2.16 bits per heavy atom. The highest BCUT2D eigenvalue weighted by Crippen LogP contribution is 2.23. The van der Waals surface area contributed by atoms with Crippen molar-refractivity contribution in [2.75, 3.05) is 26.2 Å². The van der Waals surface area contributed by atoms with Gasteiger partial charge in [-0.05, 0) is 24.1 Å². The van der Waals surface area contributed by atoms with E-state index in [1.54, 1.807) is 0 Å². The summed E-state index contributed by atoms with van der Waals surface area (Å²) >= 11 is 0. The lowest BCUT2D eigenvalue weighted by Gasteiger charge is -2.27. The van der Waals surface area contributed by atoms with Gasteiger partial charge in [-0.15, -0.1) is 10.2 Å². The summed E-state index contributed by atoms with van der Waals surface area (Å²) in [4.78, 5) is 2.46. The predicted octanol–water partition coefficient (Wildman–Crippen LogP) is 1.45. The molecule has 2 heterocycles. The summed E-state index contributed by atoms with van der Waals surface area (Å²) < 4.78 is 5.30. The van der Waals surface area contributed by atoms with Crippen molar-refractivity contribution in [2.45, 2.75) is 13.5 Å². The van der Waals surface area contributed by atoms with Gasteiger partial charge in [-0.2, -0.15) is 0 Å². The standard InChI is InChI=1S/C14H18N4O/c1-11-2-3-12(9-18-6-4-15-5-7-18)8-13(11)14-17-16-10-19-14/h2-3,8,10,15H,4-7,9H2,1H3. The normalized spacial score (nSPS) is 16.7. The van der Waals surface area contributed by atoms with Crippen LogP contribution in [-0.4, -0.2) is 41.3 Å². The van der Waals surface area contributed by atoms with Gasteiger partial charge < -0.3 is 9.73 Å². The van der Waals surface area contributed by atoms with Crippen molar-refractivity contribution in [1.29, 1.82) is 0 Å². The van der Waals surface area contributed by atoms with E-state index in [9.17, 15) is 0 Å². The molecule has 0 radical (unpaired) electrons. The molecular weight excluding hydrogens is 240 g/mol. The molecule has 2 aromatic rings. The third-order valence-electron chi connectivity index (χ3n) is 3.51. The van der Waals surface area contributed by atoms with Crippen molar-refractivity contribution >= 4 is 0 Å². The van der Waals surface area contributed by atoms with Crippen molar-refractivity contribution in [2.24, 2.45) is 0 Å². The molecule has 5 nitrogen and oxygen atoms in total. The van der Waals surface area contributed by atoms with Crippen molar-refractivity contribution in [3.63, 3.8) is 0 Å². The zero-order valence-electron chi connectivity index (χ0n) is 11.1. The first-order valence-electron chi connectivity index (χ1n) is 6.62. The summed E-state index contributed by atoms with van der Waals surface area (Å²) in [6.45, 7) is 7.38. The molecule has 19 heavy (non-hydrogen) atoms. The van der Waals surface area contributed by atoms with Crippen LogP contribution in [0.3, 0.4) is 0 Å². The SMILES string of the molecule is Cc1ccc(CN2CCNCC2)cc1-c1nnco1. The first-order chi connectivity index (χ1) is 9.33. The molecule has 100 valence electrons. The Hall–Kier alpha value is -1.72. The number of rotatable bonds is 3. The molecule has 1 aromatic carbocycles. The molecule has 0 aliphatic carbocycles. The van der Waals surface area contributed by atoms with Crippen LogP contribution >= 0.6 is 0 Å². The van der Waals surface area contributed by atoms with E-state index < -0.39 is 0 Å². The zero-order valence-corrected chi connectivity index (χ0v) is 11.1. The molecule has 0 amide bonds. The van der Waals surface area contributed by atoms with Crippen molar-refractivity contribution < 1.29 is 4.42 Å². The Kier molecular flexibility index (Phi) is 3.57. The Bertz CT molecular complexity index is 532. The Morgan fingerprint density at radius 3 is 2.89 bits per heavy atom. The van der Waals surface area contributed by atoms with Crippen LogP contribution in [0.5, 0.6) is 0 Å². The fraction of sp³-hybridized carbons (Fsp3) is 0.429. The van der Waals surface area contributed by atoms with Gasteiger partial charge in [-0.25, -0.2) is 0 Å². The van der Waals surface area contributed by atoms with E-state index in [-0.39, 0.29) is 0 Å². The van der Waals surface area contributed by atoms with Crippen LogP contribution in [0.1, 0.15) is 11.1 Å². The molecule has 0 saturated carbocycles. The van der Waals surface area contributed by atoms with Crippen LogP contribution in [0.25, 0.3) is 11.5 Å². The van der Waals surface area contributed by atoms with Crippen molar-refractivity contribution in [3.8, 4) is 11.5 Å². The van der Waals surface area contributed by atoms with E-state index in [4.69, 9.17) is 4.42 Å². The fourth-order valence-electron chi connectivity index (χ4n) is 2.42. The molecule has 1 N–H and O–H groups in total. The molecule has 3 rings (SSSR count). The highest BCUT2D eigenvalue weighted by atomic mass is 16.4. The second kappa shape index (κ2) is 5.50. The minimum atomic E-state index is 0.597. The lowest BCUT2D eigenvalue weighted by atomic mass is 10.0. The highest BCUT2D eigenvalue weighted by molar-refractivity contribution is 5.59. The number of piperazine rings is 1. The smallest absolute Gasteiger partial charge is 0.247 e. The van der Waals surface area contributed by atoms with Crippen LogP contribution in [0.2, 0.25) is 0 Å². The minimum absolute atomic E-state index is 0.597. The van der Waals surface area contributed by atoms with E-state index in [2.05, 4.69) is 45.5 Å². The zero-order chi connectivity index (χ0) is 13.1. The maximum atomic E-state index is 5.30. The molecular formula is C14H18N4O. The molecule has 5 heteroatoms. The second-order valence-electron chi connectivity index (χ2n) is 4.92. The fourth-order valence-corrected chi connectivity index (χ4v) is 2.42. The van der Waals surface area contributed by atoms with Crippen LogP contribution < -0.4 is 5.32 Å². The summed E-state index contributed by atoms with van der Waals surface area (Å²) in [5.41, 5.74) is 3.49. The number of nitrogens with one attached hydrogen (secondary N) is 1. The average Bonchev–Trinajstić information content (AvgIpc) is 2.96. The Labute approximate surface area is 112 Å². The predicted molar refractivity (Wildman–Crippen MR) is 72.6 cm³/mol. The van der Waals surface area contributed by atoms with E-state index in [1.165, 1.54) is 12.0 Å². The highest BCUT2D eigenvalue weighted by Gasteiger charge is 2.12. The first kappa shape index (κ1) is 12.3. The monoisotopic (exact) mass is 258 g/mol. The lowest BCUT2D eigenvalue weighted by molar-refractivity contribution is 0.233. The third kappa shape index (κ3) is 2.83. The molecule has 1 aliphatic heterocycles. The number of nitrogens with zero attached hydrogens (tertiary/aromatic N) is 3. The van der Waals surface area contributed by atoms with Crippen LogP contribution in [0.4, 0.5) is 0 Å². The van der Waals surface area contributed by atoms with E-state index in [1.807, 2.05) is 0 Å². The van der Waals surface area contributed by atoms with Crippen LogP contribution in [0, 0.1) is 6.92 Å². The minimum Gasteiger partial charge on any atom is -0.423 e. The summed E-state index contributed by atoms with van der Waals surface area (Å²) in [5, 5.41) is 11.1. The number of benzene rings is 1. The van der Waals surface area contributed by atoms with Gasteiger partial charge in [0.15, 0.2) is 0 Å². The van der Waals surface area contributed by atoms with E-state index in [0.29, 0.717) is 5.89 Å². The largest absolute Gasteiger partial charge is 0.423 e. The number of aromatic nitrogens is 2. The lowest BCUT2D eigenvalue weighted by Crippen LogP contribution is -2.42. The molecule has 0 bridgehead atoms. The number of hydrogen-bond acceptors (Lipinski definition) is 5. The summed E-state index contributed by atoms with van der Waals surface area (Å²) in [6.07, 6.45) is 1.37. The quantitative estimate of drug-likeness (QED) is 0.903. The van der Waals surface area contributed by atoms with Crippen molar-refractivity contribution in [1.82, 2.24) is 20.4 Å². The van der Waals surface area contributed by atoms with Gasteiger partial charge in [0, 0.05) is 38.3 Å². The molecule has 1 saturated heterocycles. The maximum Gasteiger partial charge on any atom is 0.247 e. The molecule has 1 aromatic heterocycles. The average molecular weight is 258 g/mol. The maximum absolute atomic E-state index is 5.30. The van der Waals surface area contributed by atoms with Gasteiger partial charge in [0.25, 0.3) is 0 Å². The third-order valence-corrected chi connectivity index (χ3v) is 3.51. The number of hydrogen-bond donors (Lipinski definition) is 1. The summed E-state index contributed by atoms with van der Waals surface area (Å²) in [6, 6.07) is 6.46. The topological polar surface area (TPSA) is 54.2 Å². The molecule has 0 spiro atoms. The van der Waals surface area contributed by atoms with Gasteiger partial charge in [-0.3, -0.25) is 4.90 Å². The second-order valence-corrected chi connectivity index (χ2v) is 4.92. The molecule has 0 unspecified atom stereocenters. The van der Waals surface area contributed by atoms with E-state index in [0.717, 1.165) is 43.9 Å². The van der Waals surface area contributed by atoms with Crippen LogP contribution in [0.15, 0.2) is 29.0 Å². The summed E-state index contributed by atoms with van der Waals surface area (Å²) in [5.74, 6) is 0.597. The van der Waals surface area contributed by atoms with Crippen LogP contribution in [-0.2, 0) is 6.54 Å². The van der Waals surface area contributed by atoms with E-state index >= 15 is 0 Å². The summed E-state index contributed by atoms with van der Waals surface area (Å²) in [7, 11) is 0. The van der Waals surface area contributed by atoms with Gasteiger partial charge in [0.2, 0.25) is 12.3 Å². The van der Waals surface area contributed by atoms with Gasteiger partial charge in [0.05, 0.1) is 0 Å². The molecule has 1 fully saturated rings. The Morgan fingerprint density at radius 1 is 1.32 bits per heavy atom. The Balaban J connectivity index is 1.81. The molecule has 0 atom stereocenters. The molecule has 1 aliphatic rings. The first-order valence-corrected chi connectivity index (χ1v) is 6.62. The van der Waals surface area contributed by atoms with Crippen molar-refractivity contribution in [3.05, 3.63) is 35.7 Å². The number of aryl methyl sites for hydroxylation is 1. The van der Waals surface area contributed by atoms with Gasteiger partial charge in [0.1, 0.15) is 0 Å². The van der Waals surface area contributed by atoms with Gasteiger partial charge >= 0.3 is 0 Å².